The number of hydrogen-bond acceptors (Lipinski definition) is 6. The molecule has 5 rings (SSSR count). The first-order valence-corrected chi connectivity index (χ1v) is 16.8. The Morgan fingerprint density at radius 1 is 1.07 bits per heavy atom. The monoisotopic (exact) mass is 651 g/mol. The second-order valence-corrected chi connectivity index (χ2v) is 14.3. The number of carbonyl (C=O) groups excluding carboxylic acids is 3. The van der Waals surface area contributed by atoms with E-state index in [1.165, 1.54) is 0 Å². The van der Waals surface area contributed by atoms with Crippen LogP contribution in [-0.4, -0.2) is 76.1 Å². The molecule has 5 atom stereocenters. The number of halogens is 1. The number of aliphatic hydroxyl groups excluding tert-OH is 1. The Kier molecular flexibility index (Phi) is 10.0. The van der Waals surface area contributed by atoms with Crippen LogP contribution in [0.15, 0.2) is 73.8 Å². The molecule has 0 aliphatic carbocycles. The zero-order chi connectivity index (χ0) is 32.4. The summed E-state index contributed by atoms with van der Waals surface area (Å²) in [5, 5.41) is 9.95. The number of aliphatic hydroxyl groups is 1. The second-order valence-electron chi connectivity index (χ2n) is 12.0. The van der Waals surface area contributed by atoms with Crippen LogP contribution in [-0.2, 0) is 14.4 Å². The second kappa shape index (κ2) is 13.6. The summed E-state index contributed by atoms with van der Waals surface area (Å²) in [4.78, 5) is 49.0. The number of nitrogens with zero attached hydrogens (tertiary/aromatic N) is 3. The number of rotatable bonds is 14. The van der Waals surface area contributed by atoms with Gasteiger partial charge in [-0.05, 0) is 75.9 Å². The minimum absolute atomic E-state index is 0.00996. The minimum atomic E-state index is -0.798. The number of amides is 3. The molecule has 2 aromatic rings. The molecule has 8 nitrogen and oxygen atoms in total. The van der Waals surface area contributed by atoms with E-state index in [9.17, 15) is 19.5 Å². The van der Waals surface area contributed by atoms with Crippen molar-refractivity contribution in [3.8, 4) is 5.75 Å². The lowest BCUT2D eigenvalue weighted by Gasteiger charge is -2.38. The summed E-state index contributed by atoms with van der Waals surface area (Å²) in [5.74, 6) is -1.16. The minimum Gasteiger partial charge on any atom is -0.494 e. The van der Waals surface area contributed by atoms with E-state index in [0.717, 1.165) is 0 Å². The highest BCUT2D eigenvalue weighted by Crippen LogP contribution is 2.71. The Morgan fingerprint density at radius 2 is 1.76 bits per heavy atom. The van der Waals surface area contributed by atoms with Gasteiger partial charge in [0.2, 0.25) is 11.8 Å². The van der Waals surface area contributed by atoms with E-state index in [4.69, 9.17) is 16.3 Å². The Balaban J connectivity index is 1.56. The van der Waals surface area contributed by atoms with E-state index in [1.807, 2.05) is 43.3 Å². The molecular weight excluding hydrogens is 610 g/mol. The highest BCUT2D eigenvalue weighted by atomic mass is 35.5. The maximum Gasteiger partial charge on any atom is 0.251 e. The van der Waals surface area contributed by atoms with E-state index in [-0.39, 0.29) is 37.4 Å². The number of fused-ring (bicyclic) bond motifs is 1. The number of benzene rings is 2. The van der Waals surface area contributed by atoms with Crippen molar-refractivity contribution >= 4 is 52.5 Å². The van der Waals surface area contributed by atoms with Crippen molar-refractivity contribution < 1.29 is 24.2 Å². The zero-order valence-electron chi connectivity index (χ0n) is 26.0. The fourth-order valence-corrected chi connectivity index (χ4v) is 10.1. The van der Waals surface area contributed by atoms with Crippen LogP contribution in [0, 0.1) is 11.8 Å². The molecule has 1 N–H and O–H groups in total. The molecule has 0 aromatic heterocycles. The van der Waals surface area contributed by atoms with E-state index in [1.54, 1.807) is 50.7 Å². The molecule has 3 saturated heterocycles. The Morgan fingerprint density at radius 3 is 2.40 bits per heavy atom. The van der Waals surface area contributed by atoms with Gasteiger partial charge in [-0.15, -0.1) is 24.9 Å². The predicted octanol–water partition coefficient (Wildman–Crippen LogP) is 5.73. The maximum atomic E-state index is 14.8. The Bertz CT molecular complexity index is 1450. The van der Waals surface area contributed by atoms with Crippen molar-refractivity contribution in [2.45, 2.75) is 55.1 Å². The first-order chi connectivity index (χ1) is 21.7. The molecule has 3 fully saturated rings. The van der Waals surface area contributed by atoms with Crippen molar-refractivity contribution in [2.24, 2.45) is 11.8 Å². The summed E-state index contributed by atoms with van der Waals surface area (Å²) in [6.45, 7) is 13.1. The first kappa shape index (κ1) is 33.1. The number of likely N-dealkylation sites (tertiary alicyclic amines) is 1. The predicted molar refractivity (Wildman–Crippen MR) is 181 cm³/mol. The highest BCUT2D eigenvalue weighted by Gasteiger charge is 2.77. The lowest BCUT2D eigenvalue weighted by atomic mass is 9.66. The van der Waals surface area contributed by atoms with Crippen LogP contribution in [0.5, 0.6) is 5.75 Å². The molecule has 45 heavy (non-hydrogen) atoms. The van der Waals surface area contributed by atoms with E-state index in [0.29, 0.717) is 61.0 Å². The zero-order valence-corrected chi connectivity index (χ0v) is 27.6. The van der Waals surface area contributed by atoms with Gasteiger partial charge in [0.25, 0.3) is 5.91 Å². The van der Waals surface area contributed by atoms with Crippen LogP contribution in [0.1, 0.15) is 39.5 Å². The lowest BCUT2D eigenvalue weighted by molar-refractivity contribution is -0.139. The molecule has 240 valence electrons. The number of unbranched alkanes of at least 4 members (excludes halogenated alkanes) is 1. The Labute approximate surface area is 275 Å². The summed E-state index contributed by atoms with van der Waals surface area (Å²) in [6.07, 6.45) is 5.72. The molecule has 2 bridgehead atoms. The number of carbonyl (C=O) groups is 3. The molecule has 3 aliphatic rings. The molecule has 3 amide bonds. The third kappa shape index (κ3) is 5.79. The van der Waals surface area contributed by atoms with Crippen molar-refractivity contribution in [3.63, 3.8) is 0 Å². The molecular formula is C35H42ClN3O5S. The molecule has 1 spiro atoms. The fourth-order valence-electron chi connectivity index (χ4n) is 7.48. The maximum absolute atomic E-state index is 14.8. The van der Waals surface area contributed by atoms with Crippen molar-refractivity contribution in [2.75, 3.05) is 42.6 Å². The first-order valence-electron chi connectivity index (χ1n) is 15.6. The number of anilines is 2. The smallest absolute Gasteiger partial charge is 0.251 e. The van der Waals surface area contributed by atoms with Gasteiger partial charge in [0.15, 0.2) is 0 Å². The average molecular weight is 652 g/mol. The number of hydrogen-bond donors (Lipinski definition) is 1. The largest absolute Gasteiger partial charge is 0.494 e. The van der Waals surface area contributed by atoms with E-state index >= 15 is 0 Å². The molecule has 3 aliphatic heterocycles. The third-order valence-electron chi connectivity index (χ3n) is 9.34. The molecule has 3 heterocycles. The average Bonchev–Trinajstić information content (AvgIpc) is 3.60. The van der Waals surface area contributed by atoms with E-state index in [2.05, 4.69) is 20.1 Å². The van der Waals surface area contributed by atoms with Gasteiger partial charge in [-0.2, -0.15) is 0 Å². The van der Waals surface area contributed by atoms with Crippen molar-refractivity contribution in [1.82, 2.24) is 4.90 Å². The van der Waals surface area contributed by atoms with Gasteiger partial charge < -0.3 is 24.5 Å². The molecule has 2 unspecified atom stereocenters. The van der Waals surface area contributed by atoms with Crippen LogP contribution in [0.2, 0.25) is 5.02 Å². The van der Waals surface area contributed by atoms with Crippen molar-refractivity contribution in [3.05, 3.63) is 78.9 Å². The lowest BCUT2D eigenvalue weighted by Crippen LogP contribution is -2.55. The quantitative estimate of drug-likeness (QED) is 0.207. The Hall–Kier alpha value is -3.27. The standard InChI is InChI=1S/C35H42ClN3O5S/c1-5-20-37(24-14-16-25(17-15-24)44-7-3)31(41)28-29-32(42)39(22-10-11-23-40)30(35(29)19-18-34(28,4)45-35)33(43)38(21-6-2)27-13-9-8-12-26(27)36/h5-6,8-9,12-17,28-30,40H,1-2,7,10-11,18-23H2,3-4H3/t28-,29-,30?,34+,35?/m0/s1. The SMILES string of the molecule is C=CCN(C(=O)[C@@H]1[C@H]2C(=O)N(CCCCO)C(C(=O)N(CC=C)c3ccccc3Cl)C23CC[C@@]1(C)S3)c1ccc(OCC)cc1. The van der Waals surface area contributed by atoms with Gasteiger partial charge in [0.1, 0.15) is 11.8 Å². The molecule has 0 saturated carbocycles. The summed E-state index contributed by atoms with van der Waals surface area (Å²) >= 11 is 8.22. The van der Waals surface area contributed by atoms with Gasteiger partial charge >= 0.3 is 0 Å². The molecule has 0 radical (unpaired) electrons. The van der Waals surface area contributed by atoms with Gasteiger partial charge in [-0.3, -0.25) is 14.4 Å². The van der Waals surface area contributed by atoms with Gasteiger partial charge in [0.05, 0.1) is 33.9 Å². The van der Waals surface area contributed by atoms with Crippen LogP contribution in [0.4, 0.5) is 11.4 Å². The third-order valence-corrected chi connectivity index (χ3v) is 11.6. The fraction of sp³-hybridized carbons (Fsp3) is 0.457. The van der Waals surface area contributed by atoms with E-state index < -0.39 is 27.4 Å². The van der Waals surface area contributed by atoms with Crippen LogP contribution < -0.4 is 14.5 Å². The summed E-state index contributed by atoms with van der Waals surface area (Å²) in [5.41, 5.74) is 1.25. The number of para-hydroxylation sites is 1. The summed E-state index contributed by atoms with van der Waals surface area (Å²) in [7, 11) is 0. The normalized spacial score (nSPS) is 26.4. The van der Waals surface area contributed by atoms with Crippen LogP contribution in [0.3, 0.4) is 0 Å². The summed E-state index contributed by atoms with van der Waals surface area (Å²) < 4.78 is 4.28. The van der Waals surface area contributed by atoms with Crippen molar-refractivity contribution in [1.29, 1.82) is 0 Å². The van der Waals surface area contributed by atoms with Gasteiger partial charge in [0, 0.05) is 36.7 Å². The summed E-state index contributed by atoms with van der Waals surface area (Å²) in [6, 6.07) is 13.7. The molecule has 2 aromatic carbocycles. The highest BCUT2D eigenvalue weighted by molar-refractivity contribution is 8.02. The molecule has 10 heteroatoms. The van der Waals surface area contributed by atoms with Crippen LogP contribution in [0.25, 0.3) is 0 Å². The topological polar surface area (TPSA) is 90.4 Å². The van der Waals surface area contributed by atoms with Gasteiger partial charge in [-0.1, -0.05) is 35.9 Å². The van der Waals surface area contributed by atoms with Crippen LogP contribution >= 0.6 is 23.4 Å². The number of thioether (sulfide) groups is 1. The number of ether oxygens (including phenoxy) is 1. The van der Waals surface area contributed by atoms with Gasteiger partial charge in [-0.25, -0.2) is 0 Å².